The van der Waals surface area contributed by atoms with E-state index in [4.69, 9.17) is 5.21 Å². The van der Waals surface area contributed by atoms with Gasteiger partial charge in [-0.05, 0) is 23.9 Å². The van der Waals surface area contributed by atoms with Crippen LogP contribution in [-0.4, -0.2) is 19.7 Å². The number of nitrogens with zero attached hydrogens (tertiary/aromatic N) is 3. The van der Waals surface area contributed by atoms with Crippen LogP contribution < -0.4 is 5.23 Å². The van der Waals surface area contributed by atoms with E-state index in [2.05, 4.69) is 9.97 Å². The number of aryl methyl sites for hydroxylation is 1. The molecule has 0 aliphatic carbocycles. The van der Waals surface area contributed by atoms with E-state index in [1.165, 1.54) is 18.1 Å². The highest BCUT2D eigenvalue weighted by molar-refractivity contribution is 8.01. The van der Waals surface area contributed by atoms with Crippen molar-refractivity contribution in [1.29, 1.82) is 0 Å². The van der Waals surface area contributed by atoms with E-state index in [-0.39, 0.29) is 5.82 Å². The molecular formula is C11H10N4O2S2. The molecule has 2 N–H and O–H groups in total. The van der Waals surface area contributed by atoms with Crippen molar-refractivity contribution in [3.63, 3.8) is 0 Å². The van der Waals surface area contributed by atoms with Crippen LogP contribution in [0.4, 0.5) is 5.82 Å². The second-order valence-corrected chi connectivity index (χ2v) is 6.13. The number of quaternary nitrogens is 1. The van der Waals surface area contributed by atoms with Gasteiger partial charge in [0.2, 0.25) is 0 Å². The highest BCUT2D eigenvalue weighted by Crippen LogP contribution is 2.35. The Morgan fingerprint density at radius 1 is 1.42 bits per heavy atom. The summed E-state index contributed by atoms with van der Waals surface area (Å²) in [5, 5.41) is 19.7. The Morgan fingerprint density at radius 3 is 2.95 bits per heavy atom. The van der Waals surface area contributed by atoms with Crippen molar-refractivity contribution < 1.29 is 10.4 Å². The minimum atomic E-state index is -1.02. The standard InChI is InChI=1S/C11H10N4O2S2/c1-14-6-12-9(15(16)17)10(14)19-11-13-7-4-2-3-5-8(7)18-11/h2-6,15-16H,1H3. The molecule has 0 radical (unpaired) electrons. The Morgan fingerprint density at radius 2 is 2.21 bits per heavy atom. The van der Waals surface area contributed by atoms with Gasteiger partial charge in [-0.3, -0.25) is 0 Å². The highest BCUT2D eigenvalue weighted by atomic mass is 32.2. The fourth-order valence-electron chi connectivity index (χ4n) is 1.66. The molecule has 1 atom stereocenters. The van der Waals surface area contributed by atoms with Gasteiger partial charge in [0.1, 0.15) is 6.33 Å². The molecule has 1 aromatic carbocycles. The maximum absolute atomic E-state index is 11.1. The summed E-state index contributed by atoms with van der Waals surface area (Å²) in [6, 6.07) is 7.83. The van der Waals surface area contributed by atoms with Gasteiger partial charge in [0.05, 0.1) is 10.2 Å². The van der Waals surface area contributed by atoms with Gasteiger partial charge < -0.3 is 9.77 Å². The molecule has 0 saturated heterocycles. The third-order valence-corrected chi connectivity index (χ3v) is 4.82. The average molecular weight is 294 g/mol. The van der Waals surface area contributed by atoms with E-state index in [0.717, 1.165) is 14.6 Å². The Balaban J connectivity index is 1.98. The van der Waals surface area contributed by atoms with E-state index in [1.807, 2.05) is 24.3 Å². The number of benzene rings is 1. The molecule has 8 heteroatoms. The summed E-state index contributed by atoms with van der Waals surface area (Å²) in [6.07, 6.45) is 1.50. The lowest BCUT2D eigenvalue weighted by molar-refractivity contribution is -0.994. The van der Waals surface area contributed by atoms with Gasteiger partial charge in [0, 0.05) is 7.05 Å². The number of aromatic nitrogens is 3. The molecule has 0 aliphatic rings. The molecule has 0 spiro atoms. The SMILES string of the molecule is Cn1cnc([NH+]([O-])O)c1Sc1nc2ccccc2s1. The first-order chi connectivity index (χ1) is 9.15. The minimum Gasteiger partial charge on any atom is -0.594 e. The van der Waals surface area contributed by atoms with E-state index in [1.54, 1.807) is 23.0 Å². The van der Waals surface area contributed by atoms with Gasteiger partial charge >= 0.3 is 0 Å². The molecule has 0 bridgehead atoms. The van der Waals surface area contributed by atoms with Crippen LogP contribution in [0.5, 0.6) is 0 Å². The fourth-order valence-corrected chi connectivity index (χ4v) is 3.77. The summed E-state index contributed by atoms with van der Waals surface area (Å²) in [5.41, 5.74) is 0.925. The largest absolute Gasteiger partial charge is 0.594 e. The number of nitrogens with one attached hydrogen (secondary N) is 1. The van der Waals surface area contributed by atoms with E-state index in [0.29, 0.717) is 5.03 Å². The topological polar surface area (TPSA) is 78.4 Å². The normalized spacial score (nSPS) is 13.0. The minimum absolute atomic E-state index is 0.0618. The zero-order valence-corrected chi connectivity index (χ0v) is 11.5. The zero-order chi connectivity index (χ0) is 13.4. The van der Waals surface area contributed by atoms with E-state index in [9.17, 15) is 5.21 Å². The van der Waals surface area contributed by atoms with Gasteiger partial charge in [-0.15, -0.1) is 11.3 Å². The van der Waals surface area contributed by atoms with Crippen LogP contribution in [-0.2, 0) is 7.05 Å². The Hall–Kier alpha value is -1.45. The van der Waals surface area contributed by atoms with Crippen LogP contribution in [0.2, 0.25) is 0 Å². The molecule has 98 valence electrons. The highest BCUT2D eigenvalue weighted by Gasteiger charge is 2.18. The third-order valence-electron chi connectivity index (χ3n) is 2.54. The van der Waals surface area contributed by atoms with Gasteiger partial charge in [-0.25, -0.2) is 10.2 Å². The summed E-state index contributed by atoms with van der Waals surface area (Å²) >= 11 is 2.87. The van der Waals surface area contributed by atoms with Crippen molar-refractivity contribution >= 4 is 39.1 Å². The van der Waals surface area contributed by atoms with Crippen LogP contribution in [0.3, 0.4) is 0 Å². The number of fused-ring (bicyclic) bond motifs is 1. The smallest absolute Gasteiger partial charge is 0.291 e. The van der Waals surface area contributed by atoms with Crippen LogP contribution in [0.25, 0.3) is 10.2 Å². The molecule has 19 heavy (non-hydrogen) atoms. The van der Waals surface area contributed by atoms with Crippen molar-refractivity contribution in [3.8, 4) is 0 Å². The monoisotopic (exact) mass is 294 g/mol. The first-order valence-corrected chi connectivity index (χ1v) is 7.06. The Labute approximate surface area is 116 Å². The van der Waals surface area contributed by atoms with Gasteiger partial charge in [-0.2, -0.15) is 10.2 Å². The first kappa shape index (κ1) is 12.6. The number of para-hydroxylation sites is 1. The summed E-state index contributed by atoms with van der Waals surface area (Å²) < 4.78 is 3.59. The molecule has 0 aliphatic heterocycles. The van der Waals surface area contributed by atoms with Gasteiger partial charge in [0.25, 0.3) is 5.82 Å². The molecular weight excluding hydrogens is 284 g/mol. The van der Waals surface area contributed by atoms with Crippen molar-refractivity contribution in [2.45, 2.75) is 9.37 Å². The summed E-state index contributed by atoms with van der Waals surface area (Å²) in [4.78, 5) is 8.36. The molecule has 3 rings (SSSR count). The van der Waals surface area contributed by atoms with Gasteiger partial charge in [0.15, 0.2) is 9.37 Å². The predicted octanol–water partition coefficient (Wildman–Crippen LogP) is 1.58. The molecule has 2 aromatic heterocycles. The van der Waals surface area contributed by atoms with E-state index >= 15 is 0 Å². The van der Waals surface area contributed by atoms with Crippen molar-refractivity contribution in [1.82, 2.24) is 14.5 Å². The van der Waals surface area contributed by atoms with Crippen LogP contribution >= 0.6 is 23.1 Å². The number of hydrogen-bond acceptors (Lipinski definition) is 6. The van der Waals surface area contributed by atoms with Crippen LogP contribution in [0.15, 0.2) is 40.0 Å². The summed E-state index contributed by atoms with van der Waals surface area (Å²) in [6.45, 7) is 0. The molecule has 0 fully saturated rings. The third kappa shape index (κ3) is 2.36. The number of rotatable bonds is 3. The molecule has 3 aromatic rings. The molecule has 1 unspecified atom stereocenters. The number of hydrogen-bond donors (Lipinski definition) is 2. The summed E-state index contributed by atoms with van der Waals surface area (Å²) in [7, 11) is 1.77. The Bertz CT molecular complexity index is 689. The first-order valence-electron chi connectivity index (χ1n) is 5.43. The number of thiazole rings is 1. The molecule has 6 nitrogen and oxygen atoms in total. The summed E-state index contributed by atoms with van der Waals surface area (Å²) in [5.74, 6) is 0.0618. The Kier molecular flexibility index (Phi) is 3.25. The maximum Gasteiger partial charge on any atom is 0.291 e. The van der Waals surface area contributed by atoms with Crippen molar-refractivity contribution in [3.05, 3.63) is 35.8 Å². The molecule has 0 saturated carbocycles. The maximum atomic E-state index is 11.1. The average Bonchev–Trinajstić information content (AvgIpc) is 2.94. The van der Waals surface area contributed by atoms with Crippen LogP contribution in [0, 0.1) is 5.21 Å². The van der Waals surface area contributed by atoms with Crippen molar-refractivity contribution in [2.24, 2.45) is 7.05 Å². The fraction of sp³-hybridized carbons (Fsp3) is 0.0909. The molecule has 0 amide bonds. The lowest BCUT2D eigenvalue weighted by Gasteiger charge is -2.09. The van der Waals surface area contributed by atoms with E-state index < -0.39 is 5.23 Å². The lowest BCUT2D eigenvalue weighted by Crippen LogP contribution is -2.99. The van der Waals surface area contributed by atoms with Crippen LogP contribution in [0.1, 0.15) is 0 Å². The molecule has 2 heterocycles. The van der Waals surface area contributed by atoms with Crippen molar-refractivity contribution in [2.75, 3.05) is 0 Å². The second-order valence-electron chi connectivity index (χ2n) is 3.86. The van der Waals surface area contributed by atoms with Gasteiger partial charge in [-0.1, -0.05) is 12.1 Å². The predicted molar refractivity (Wildman–Crippen MR) is 72.7 cm³/mol. The number of imidazole rings is 1. The zero-order valence-electron chi connectivity index (χ0n) is 9.90. The lowest BCUT2D eigenvalue weighted by atomic mass is 10.3. The quantitative estimate of drug-likeness (QED) is 0.717. The second kappa shape index (κ2) is 4.91.